The number of hydrogen-bond donors (Lipinski definition) is 1. The molecule has 1 fully saturated rings. The molecule has 17 heavy (non-hydrogen) atoms. The molecule has 0 aliphatic heterocycles. The fourth-order valence-corrected chi connectivity index (χ4v) is 2.35. The van der Waals surface area contributed by atoms with Crippen LogP contribution in [-0.2, 0) is 9.59 Å². The Hall–Kier alpha value is -1.57. The largest absolute Gasteiger partial charge is 0.368 e. The average molecular weight is 237 g/mol. The first kappa shape index (κ1) is 13.5. The van der Waals surface area contributed by atoms with Crippen molar-refractivity contribution in [2.75, 3.05) is 13.1 Å². The lowest BCUT2D eigenvalue weighted by Crippen LogP contribution is -2.47. The van der Waals surface area contributed by atoms with E-state index >= 15 is 0 Å². The summed E-state index contributed by atoms with van der Waals surface area (Å²) in [6.45, 7) is 2.10. The Bertz CT molecular complexity index is 340. The fourth-order valence-electron chi connectivity index (χ4n) is 2.35. The Labute approximate surface area is 102 Å². The highest BCUT2D eigenvalue weighted by Crippen LogP contribution is 2.37. The number of hydrogen-bond acceptors (Lipinski definition) is 3. The lowest BCUT2D eigenvalue weighted by molar-refractivity contribution is -0.143. The average Bonchev–Trinajstić information content (AvgIpc) is 2.35. The maximum Gasteiger partial charge on any atom is 0.243 e. The van der Waals surface area contributed by atoms with Crippen LogP contribution in [0.3, 0.4) is 0 Å². The van der Waals surface area contributed by atoms with Gasteiger partial charge in [-0.1, -0.05) is 19.3 Å². The molecule has 1 saturated carbocycles. The van der Waals surface area contributed by atoms with E-state index in [9.17, 15) is 14.9 Å². The lowest BCUT2D eigenvalue weighted by Gasteiger charge is -2.33. The van der Waals surface area contributed by atoms with Gasteiger partial charge in [0.25, 0.3) is 0 Å². The molecule has 0 heterocycles. The van der Waals surface area contributed by atoms with Gasteiger partial charge < -0.3 is 10.6 Å². The number of nitrogens with zero attached hydrogens (tertiary/aromatic N) is 2. The van der Waals surface area contributed by atoms with E-state index in [1.165, 1.54) is 4.90 Å². The van der Waals surface area contributed by atoms with Crippen LogP contribution in [-0.4, -0.2) is 29.8 Å². The first-order valence-corrected chi connectivity index (χ1v) is 6.04. The van der Waals surface area contributed by atoms with Gasteiger partial charge in [-0.25, -0.2) is 0 Å². The summed E-state index contributed by atoms with van der Waals surface area (Å²) in [6, 6.07) is 2.16. The number of carbonyl (C=O) groups excluding carboxylic acids is 2. The van der Waals surface area contributed by atoms with Crippen molar-refractivity contribution in [3.05, 3.63) is 0 Å². The minimum atomic E-state index is -0.927. The lowest BCUT2D eigenvalue weighted by atomic mass is 9.74. The molecule has 94 valence electrons. The van der Waals surface area contributed by atoms with Gasteiger partial charge in [0.2, 0.25) is 11.8 Å². The molecule has 0 bridgehead atoms. The maximum atomic E-state index is 12.3. The third kappa shape index (κ3) is 2.96. The predicted molar refractivity (Wildman–Crippen MR) is 62.6 cm³/mol. The second kappa shape index (κ2) is 5.67. The molecular formula is C12H19N3O2. The van der Waals surface area contributed by atoms with E-state index in [0.717, 1.165) is 19.3 Å². The van der Waals surface area contributed by atoms with Crippen LogP contribution in [0.2, 0.25) is 0 Å². The van der Waals surface area contributed by atoms with E-state index in [2.05, 4.69) is 6.07 Å². The standard InChI is InChI=1S/C12H19N3O2/c1-2-15(8-10(14)16)11(17)12(9-13)6-4-3-5-7-12/h2-8H2,1H3,(H2,14,16). The van der Waals surface area contributed by atoms with E-state index < -0.39 is 11.3 Å². The minimum absolute atomic E-state index is 0.0984. The van der Waals surface area contributed by atoms with E-state index in [1.807, 2.05) is 0 Å². The third-order valence-corrected chi connectivity index (χ3v) is 3.35. The van der Waals surface area contributed by atoms with Crippen LogP contribution < -0.4 is 5.73 Å². The zero-order valence-electron chi connectivity index (χ0n) is 10.2. The number of primary amides is 1. The Morgan fingerprint density at radius 2 is 1.94 bits per heavy atom. The van der Waals surface area contributed by atoms with Crippen LogP contribution in [0.1, 0.15) is 39.0 Å². The van der Waals surface area contributed by atoms with Crippen molar-refractivity contribution in [3.63, 3.8) is 0 Å². The molecule has 0 aromatic rings. The van der Waals surface area contributed by atoms with Crippen molar-refractivity contribution < 1.29 is 9.59 Å². The summed E-state index contributed by atoms with van der Waals surface area (Å²) in [5.41, 5.74) is 4.18. The van der Waals surface area contributed by atoms with Crippen molar-refractivity contribution in [2.24, 2.45) is 11.1 Å². The molecule has 0 radical (unpaired) electrons. The zero-order chi connectivity index (χ0) is 12.9. The molecule has 0 atom stereocenters. The molecule has 2 amide bonds. The van der Waals surface area contributed by atoms with E-state index in [1.54, 1.807) is 6.92 Å². The van der Waals surface area contributed by atoms with Crippen molar-refractivity contribution in [2.45, 2.75) is 39.0 Å². The predicted octanol–water partition coefficient (Wildman–Crippen LogP) is 0.794. The number of nitrogens with two attached hydrogens (primary N) is 1. The first-order chi connectivity index (χ1) is 8.05. The Balaban J connectivity index is 2.83. The molecule has 1 rings (SSSR count). The van der Waals surface area contributed by atoms with Gasteiger partial charge >= 0.3 is 0 Å². The van der Waals surface area contributed by atoms with Crippen LogP contribution in [0.25, 0.3) is 0 Å². The minimum Gasteiger partial charge on any atom is -0.368 e. The molecule has 0 aromatic carbocycles. The number of nitriles is 1. The molecule has 2 N–H and O–H groups in total. The van der Waals surface area contributed by atoms with Gasteiger partial charge in [0, 0.05) is 6.54 Å². The van der Waals surface area contributed by atoms with Crippen molar-refractivity contribution in [1.82, 2.24) is 4.90 Å². The second-order valence-corrected chi connectivity index (χ2v) is 4.54. The highest BCUT2D eigenvalue weighted by atomic mass is 16.2. The van der Waals surface area contributed by atoms with Crippen molar-refractivity contribution in [3.8, 4) is 6.07 Å². The summed E-state index contributed by atoms with van der Waals surface area (Å²) in [4.78, 5) is 24.6. The van der Waals surface area contributed by atoms with Crippen LogP contribution >= 0.6 is 0 Å². The van der Waals surface area contributed by atoms with Gasteiger partial charge in [0.1, 0.15) is 5.41 Å². The van der Waals surface area contributed by atoms with E-state index in [0.29, 0.717) is 19.4 Å². The van der Waals surface area contributed by atoms with E-state index in [-0.39, 0.29) is 12.5 Å². The van der Waals surface area contributed by atoms with Crippen molar-refractivity contribution in [1.29, 1.82) is 5.26 Å². The quantitative estimate of drug-likeness (QED) is 0.784. The van der Waals surface area contributed by atoms with Crippen LogP contribution in [0.15, 0.2) is 0 Å². The fraction of sp³-hybridized carbons (Fsp3) is 0.750. The molecule has 1 aliphatic carbocycles. The van der Waals surface area contributed by atoms with Crippen LogP contribution in [0.5, 0.6) is 0 Å². The van der Waals surface area contributed by atoms with Gasteiger partial charge in [0.15, 0.2) is 0 Å². The molecule has 5 nitrogen and oxygen atoms in total. The first-order valence-electron chi connectivity index (χ1n) is 6.04. The Morgan fingerprint density at radius 3 is 2.35 bits per heavy atom. The summed E-state index contributed by atoms with van der Waals surface area (Å²) >= 11 is 0. The summed E-state index contributed by atoms with van der Waals surface area (Å²) in [5, 5.41) is 9.28. The van der Waals surface area contributed by atoms with Crippen LogP contribution in [0.4, 0.5) is 0 Å². The topological polar surface area (TPSA) is 87.2 Å². The molecule has 1 aliphatic rings. The number of carbonyl (C=O) groups is 2. The Morgan fingerprint density at radius 1 is 1.35 bits per heavy atom. The van der Waals surface area contributed by atoms with E-state index in [4.69, 9.17) is 5.73 Å². The second-order valence-electron chi connectivity index (χ2n) is 4.54. The zero-order valence-corrected chi connectivity index (χ0v) is 10.2. The summed E-state index contributed by atoms with van der Waals surface area (Å²) in [7, 11) is 0. The number of likely N-dealkylation sites (N-methyl/N-ethyl adjacent to an activating group) is 1. The van der Waals surface area contributed by atoms with Gasteiger partial charge in [-0.05, 0) is 19.8 Å². The summed E-state index contributed by atoms with van der Waals surface area (Å²) in [5.74, 6) is -0.773. The normalized spacial score (nSPS) is 18.1. The van der Waals surface area contributed by atoms with Crippen molar-refractivity contribution >= 4 is 11.8 Å². The Kier molecular flexibility index (Phi) is 4.50. The smallest absolute Gasteiger partial charge is 0.243 e. The molecule has 0 aromatic heterocycles. The molecular weight excluding hydrogens is 218 g/mol. The molecule has 0 saturated heterocycles. The third-order valence-electron chi connectivity index (χ3n) is 3.35. The molecule has 0 spiro atoms. The summed E-state index contributed by atoms with van der Waals surface area (Å²) < 4.78 is 0. The monoisotopic (exact) mass is 237 g/mol. The maximum absolute atomic E-state index is 12.3. The van der Waals surface area contributed by atoms with Gasteiger partial charge in [-0.3, -0.25) is 9.59 Å². The highest BCUT2D eigenvalue weighted by molar-refractivity contribution is 5.89. The van der Waals surface area contributed by atoms with Gasteiger partial charge in [0.05, 0.1) is 12.6 Å². The van der Waals surface area contributed by atoms with Gasteiger partial charge in [-0.15, -0.1) is 0 Å². The number of rotatable bonds is 4. The summed E-state index contributed by atoms with van der Waals surface area (Å²) in [6.07, 6.45) is 4.05. The number of amides is 2. The van der Waals surface area contributed by atoms with Gasteiger partial charge in [-0.2, -0.15) is 5.26 Å². The molecule has 5 heteroatoms. The van der Waals surface area contributed by atoms with Crippen LogP contribution in [0, 0.1) is 16.7 Å². The molecule has 0 unspecified atom stereocenters. The SMILES string of the molecule is CCN(CC(N)=O)C(=O)C1(C#N)CCCCC1. The highest BCUT2D eigenvalue weighted by Gasteiger charge is 2.42.